The maximum absolute atomic E-state index is 12.7. The number of anilines is 1. The first kappa shape index (κ1) is 14.6. The number of amides is 1. The summed E-state index contributed by atoms with van der Waals surface area (Å²) >= 11 is 0. The van der Waals surface area contributed by atoms with Crippen LogP contribution in [0.1, 0.15) is 6.42 Å². The van der Waals surface area contributed by atoms with E-state index in [1.165, 1.54) is 24.3 Å². The van der Waals surface area contributed by atoms with Crippen LogP contribution in [0, 0.1) is 5.82 Å². The zero-order valence-electron chi connectivity index (χ0n) is 10.8. The lowest BCUT2D eigenvalue weighted by molar-refractivity contribution is -0.117. The third kappa shape index (κ3) is 5.75. The van der Waals surface area contributed by atoms with Gasteiger partial charge in [0, 0.05) is 25.9 Å². The quantitative estimate of drug-likeness (QED) is 0.753. The zero-order valence-corrected chi connectivity index (χ0v) is 10.8. The van der Waals surface area contributed by atoms with Gasteiger partial charge in [-0.2, -0.15) is 0 Å². The molecule has 0 radical (unpaired) electrons. The van der Waals surface area contributed by atoms with Crippen molar-refractivity contribution in [1.82, 2.24) is 4.90 Å². The first-order chi connectivity index (χ1) is 8.61. The molecule has 0 aromatic heterocycles. The van der Waals surface area contributed by atoms with E-state index in [4.69, 9.17) is 4.74 Å². The molecular formula is C13H19FN2O2. The van der Waals surface area contributed by atoms with E-state index >= 15 is 0 Å². The summed E-state index contributed by atoms with van der Waals surface area (Å²) in [5.74, 6) is -0.425. The number of nitrogens with one attached hydrogen (secondary N) is 1. The molecule has 0 atom stereocenters. The van der Waals surface area contributed by atoms with E-state index in [-0.39, 0.29) is 11.7 Å². The summed E-state index contributed by atoms with van der Waals surface area (Å²) in [5, 5.41) is 2.71. The van der Waals surface area contributed by atoms with Gasteiger partial charge in [0.2, 0.25) is 5.91 Å². The van der Waals surface area contributed by atoms with Crippen molar-refractivity contribution in [2.24, 2.45) is 0 Å². The van der Waals surface area contributed by atoms with Crippen molar-refractivity contribution in [3.63, 3.8) is 0 Å². The molecule has 4 nitrogen and oxygen atoms in total. The SMILES string of the molecule is COCCCN(C)CC(=O)Nc1ccc(F)cc1. The second-order valence-electron chi connectivity index (χ2n) is 4.14. The van der Waals surface area contributed by atoms with Gasteiger partial charge < -0.3 is 10.1 Å². The van der Waals surface area contributed by atoms with E-state index in [1.807, 2.05) is 11.9 Å². The van der Waals surface area contributed by atoms with E-state index in [2.05, 4.69) is 5.32 Å². The van der Waals surface area contributed by atoms with Gasteiger partial charge in [0.1, 0.15) is 5.82 Å². The van der Waals surface area contributed by atoms with Crippen LogP contribution in [0.25, 0.3) is 0 Å². The number of ether oxygens (including phenoxy) is 1. The molecule has 100 valence electrons. The highest BCUT2D eigenvalue weighted by Gasteiger charge is 2.06. The van der Waals surface area contributed by atoms with Gasteiger partial charge in [-0.1, -0.05) is 0 Å². The van der Waals surface area contributed by atoms with Crippen LogP contribution >= 0.6 is 0 Å². The second-order valence-corrected chi connectivity index (χ2v) is 4.14. The molecule has 0 saturated heterocycles. The Kier molecular flexibility index (Phi) is 6.32. The summed E-state index contributed by atoms with van der Waals surface area (Å²) in [6.07, 6.45) is 0.886. The van der Waals surface area contributed by atoms with Crippen molar-refractivity contribution in [3.8, 4) is 0 Å². The summed E-state index contributed by atoms with van der Waals surface area (Å²) in [6, 6.07) is 5.71. The van der Waals surface area contributed by atoms with E-state index in [0.29, 0.717) is 18.8 Å². The minimum atomic E-state index is -0.315. The number of carbonyl (C=O) groups is 1. The van der Waals surface area contributed by atoms with Gasteiger partial charge >= 0.3 is 0 Å². The van der Waals surface area contributed by atoms with Crippen LogP contribution in [0.2, 0.25) is 0 Å². The largest absolute Gasteiger partial charge is 0.385 e. The summed E-state index contributed by atoms with van der Waals surface area (Å²) in [5.41, 5.74) is 0.603. The topological polar surface area (TPSA) is 41.6 Å². The van der Waals surface area contributed by atoms with Crippen LogP contribution in [-0.2, 0) is 9.53 Å². The van der Waals surface area contributed by atoms with Crippen molar-refractivity contribution in [2.75, 3.05) is 39.2 Å². The second kappa shape index (κ2) is 7.79. The van der Waals surface area contributed by atoms with Gasteiger partial charge in [0.05, 0.1) is 6.54 Å². The fraction of sp³-hybridized carbons (Fsp3) is 0.462. The van der Waals surface area contributed by atoms with Crippen LogP contribution < -0.4 is 5.32 Å². The Morgan fingerprint density at radius 2 is 2.06 bits per heavy atom. The summed E-state index contributed by atoms with van der Waals surface area (Å²) < 4.78 is 17.6. The Morgan fingerprint density at radius 1 is 1.39 bits per heavy atom. The number of halogens is 1. The Bertz CT molecular complexity index is 368. The molecule has 1 aromatic rings. The van der Waals surface area contributed by atoms with Crippen molar-refractivity contribution in [1.29, 1.82) is 0 Å². The van der Waals surface area contributed by atoms with Crippen LogP contribution in [0.3, 0.4) is 0 Å². The van der Waals surface area contributed by atoms with E-state index in [1.54, 1.807) is 7.11 Å². The number of hydrogen-bond donors (Lipinski definition) is 1. The lowest BCUT2D eigenvalue weighted by atomic mass is 10.3. The maximum Gasteiger partial charge on any atom is 0.238 e. The highest BCUT2D eigenvalue weighted by atomic mass is 19.1. The smallest absolute Gasteiger partial charge is 0.238 e. The predicted octanol–water partition coefficient (Wildman–Crippen LogP) is 1.73. The maximum atomic E-state index is 12.7. The van der Waals surface area contributed by atoms with Gasteiger partial charge in [-0.15, -0.1) is 0 Å². The molecule has 0 unspecified atom stereocenters. The molecule has 0 spiro atoms. The molecule has 0 fully saturated rings. The van der Waals surface area contributed by atoms with Crippen LogP contribution in [0.15, 0.2) is 24.3 Å². The molecule has 1 amide bonds. The Morgan fingerprint density at radius 3 is 2.67 bits per heavy atom. The number of carbonyl (C=O) groups excluding carboxylic acids is 1. The van der Waals surface area contributed by atoms with Crippen LogP contribution in [0.5, 0.6) is 0 Å². The average molecular weight is 254 g/mol. The monoisotopic (exact) mass is 254 g/mol. The van der Waals surface area contributed by atoms with Crippen molar-refractivity contribution in [2.45, 2.75) is 6.42 Å². The lowest BCUT2D eigenvalue weighted by Crippen LogP contribution is -2.31. The summed E-state index contributed by atoms with van der Waals surface area (Å²) in [7, 11) is 3.53. The predicted molar refractivity (Wildman–Crippen MR) is 69.0 cm³/mol. The number of nitrogens with zero attached hydrogens (tertiary/aromatic N) is 1. The molecule has 1 rings (SSSR count). The highest BCUT2D eigenvalue weighted by Crippen LogP contribution is 2.07. The van der Waals surface area contributed by atoms with E-state index < -0.39 is 0 Å². The van der Waals surface area contributed by atoms with Gasteiger partial charge in [-0.25, -0.2) is 4.39 Å². The minimum Gasteiger partial charge on any atom is -0.385 e. The van der Waals surface area contributed by atoms with Crippen LogP contribution in [-0.4, -0.2) is 44.7 Å². The highest BCUT2D eigenvalue weighted by molar-refractivity contribution is 5.92. The summed E-state index contributed by atoms with van der Waals surface area (Å²) in [4.78, 5) is 13.6. The molecule has 0 bridgehead atoms. The minimum absolute atomic E-state index is 0.110. The normalized spacial score (nSPS) is 10.7. The molecule has 1 aromatic carbocycles. The molecule has 18 heavy (non-hydrogen) atoms. The van der Waals surface area contributed by atoms with Gasteiger partial charge in [0.15, 0.2) is 0 Å². The number of likely N-dealkylation sites (N-methyl/N-ethyl adjacent to an activating group) is 1. The van der Waals surface area contributed by atoms with Crippen molar-refractivity contribution in [3.05, 3.63) is 30.1 Å². The van der Waals surface area contributed by atoms with Gasteiger partial charge in [-0.3, -0.25) is 9.69 Å². The average Bonchev–Trinajstić information content (AvgIpc) is 2.32. The van der Waals surface area contributed by atoms with Crippen molar-refractivity contribution >= 4 is 11.6 Å². The summed E-state index contributed by atoms with van der Waals surface area (Å²) in [6.45, 7) is 1.79. The zero-order chi connectivity index (χ0) is 13.4. The molecule has 0 aliphatic heterocycles. The fourth-order valence-corrected chi connectivity index (χ4v) is 1.54. The molecule has 1 N–H and O–H groups in total. The first-order valence-electron chi connectivity index (χ1n) is 5.84. The standard InChI is InChI=1S/C13H19FN2O2/c1-16(8-3-9-18-2)10-13(17)15-12-6-4-11(14)5-7-12/h4-7H,3,8-10H2,1-2H3,(H,15,17). The molecule has 0 aliphatic rings. The van der Waals surface area contributed by atoms with Gasteiger partial charge in [-0.05, 0) is 37.7 Å². The third-order valence-corrected chi connectivity index (χ3v) is 2.43. The molecular weight excluding hydrogens is 235 g/mol. The van der Waals surface area contributed by atoms with Gasteiger partial charge in [0.25, 0.3) is 0 Å². The number of hydrogen-bond acceptors (Lipinski definition) is 3. The third-order valence-electron chi connectivity index (χ3n) is 2.43. The fourth-order valence-electron chi connectivity index (χ4n) is 1.54. The number of methoxy groups -OCH3 is 1. The Balaban J connectivity index is 2.30. The lowest BCUT2D eigenvalue weighted by Gasteiger charge is -2.15. The van der Waals surface area contributed by atoms with E-state index in [9.17, 15) is 9.18 Å². The molecule has 0 heterocycles. The van der Waals surface area contributed by atoms with Crippen LogP contribution in [0.4, 0.5) is 10.1 Å². The first-order valence-corrected chi connectivity index (χ1v) is 5.84. The molecule has 5 heteroatoms. The Hall–Kier alpha value is -1.46. The number of benzene rings is 1. The van der Waals surface area contributed by atoms with E-state index in [0.717, 1.165) is 13.0 Å². The molecule has 0 aliphatic carbocycles. The Labute approximate surface area is 107 Å². The van der Waals surface area contributed by atoms with Crippen molar-refractivity contribution < 1.29 is 13.9 Å². The molecule has 0 saturated carbocycles. The number of rotatable bonds is 7.